The number of Topliss-reactive ketones (excluding diaryl/α,β-unsaturated/α-hetero) is 1. The van der Waals surface area contributed by atoms with Crippen molar-refractivity contribution in [2.45, 2.75) is 26.2 Å². The van der Waals surface area contributed by atoms with E-state index in [9.17, 15) is 9.59 Å². The number of hydrogen-bond acceptors (Lipinski definition) is 4. The molecule has 0 aromatic carbocycles. The van der Waals surface area contributed by atoms with Gasteiger partial charge in [-0.2, -0.15) is 0 Å². The van der Waals surface area contributed by atoms with Crippen LogP contribution in [0.2, 0.25) is 0 Å². The second-order valence-corrected chi connectivity index (χ2v) is 7.18. The highest BCUT2D eigenvalue weighted by Crippen LogP contribution is 2.31. The fraction of sp³-hybridized carbons (Fsp3) is 0.333. The molecule has 0 spiro atoms. The van der Waals surface area contributed by atoms with E-state index >= 15 is 0 Å². The summed E-state index contributed by atoms with van der Waals surface area (Å²) >= 11 is 3.16. The SMILES string of the molecule is Cc1ccc(C(=O)CN2C(=O)CCCc3sccc32)s1. The molecular formula is C15H15NO2S2. The van der Waals surface area contributed by atoms with Gasteiger partial charge in [0.15, 0.2) is 5.78 Å². The first-order valence-electron chi connectivity index (χ1n) is 6.61. The number of fused-ring (bicyclic) bond motifs is 1. The Kier molecular flexibility index (Phi) is 3.72. The zero-order valence-corrected chi connectivity index (χ0v) is 12.9. The molecule has 0 radical (unpaired) electrons. The average Bonchev–Trinajstić information content (AvgIpc) is 3.02. The minimum atomic E-state index is 0.0236. The number of rotatable bonds is 3. The molecule has 0 unspecified atom stereocenters. The van der Waals surface area contributed by atoms with Gasteiger partial charge in [-0.05, 0) is 43.3 Å². The quantitative estimate of drug-likeness (QED) is 0.811. The molecule has 3 rings (SSSR count). The van der Waals surface area contributed by atoms with Gasteiger partial charge < -0.3 is 4.90 Å². The molecule has 2 aromatic rings. The molecule has 3 nitrogen and oxygen atoms in total. The van der Waals surface area contributed by atoms with E-state index in [0.29, 0.717) is 6.42 Å². The van der Waals surface area contributed by atoms with Crippen LogP contribution in [0.5, 0.6) is 0 Å². The Hall–Kier alpha value is -1.46. The normalized spacial score (nSPS) is 15.1. The number of hydrogen-bond donors (Lipinski definition) is 0. The van der Waals surface area contributed by atoms with Crippen molar-refractivity contribution in [1.82, 2.24) is 0 Å². The molecule has 1 aliphatic heterocycles. The van der Waals surface area contributed by atoms with Crippen LogP contribution in [0.1, 0.15) is 32.3 Å². The van der Waals surface area contributed by atoms with E-state index in [2.05, 4.69) is 0 Å². The van der Waals surface area contributed by atoms with E-state index in [0.717, 1.165) is 28.3 Å². The highest BCUT2D eigenvalue weighted by atomic mass is 32.1. The van der Waals surface area contributed by atoms with Crippen LogP contribution in [0.15, 0.2) is 23.6 Å². The third kappa shape index (κ3) is 2.55. The maximum atomic E-state index is 12.3. The van der Waals surface area contributed by atoms with Crippen molar-refractivity contribution < 1.29 is 9.59 Å². The molecular weight excluding hydrogens is 290 g/mol. The summed E-state index contributed by atoms with van der Waals surface area (Å²) in [5.74, 6) is 0.0827. The van der Waals surface area contributed by atoms with Gasteiger partial charge in [-0.3, -0.25) is 9.59 Å². The number of carbonyl (C=O) groups is 2. The molecule has 0 saturated heterocycles. The summed E-state index contributed by atoms with van der Waals surface area (Å²) in [6.45, 7) is 2.14. The van der Waals surface area contributed by atoms with E-state index < -0.39 is 0 Å². The molecule has 0 bridgehead atoms. The zero-order valence-electron chi connectivity index (χ0n) is 11.2. The molecule has 0 N–H and O–H groups in total. The number of amides is 1. The number of anilines is 1. The third-order valence-electron chi connectivity index (χ3n) is 3.43. The predicted molar refractivity (Wildman–Crippen MR) is 83.0 cm³/mol. The number of nitrogens with zero attached hydrogens (tertiary/aromatic N) is 1. The molecule has 5 heteroatoms. The number of ketones is 1. The molecule has 0 aliphatic carbocycles. The Bertz CT molecular complexity index is 656. The monoisotopic (exact) mass is 305 g/mol. The summed E-state index contributed by atoms with van der Waals surface area (Å²) in [5.41, 5.74) is 0.930. The van der Waals surface area contributed by atoms with Gasteiger partial charge in [0.2, 0.25) is 5.91 Å². The lowest BCUT2D eigenvalue weighted by Gasteiger charge is -2.19. The van der Waals surface area contributed by atoms with Gasteiger partial charge in [-0.25, -0.2) is 0 Å². The van der Waals surface area contributed by atoms with Crippen molar-refractivity contribution in [2.24, 2.45) is 0 Å². The van der Waals surface area contributed by atoms with Gasteiger partial charge in [-0.15, -0.1) is 22.7 Å². The van der Waals surface area contributed by atoms with Gasteiger partial charge >= 0.3 is 0 Å². The van der Waals surface area contributed by atoms with Crippen LogP contribution in [0, 0.1) is 6.92 Å². The van der Waals surface area contributed by atoms with E-state index in [1.807, 2.05) is 30.5 Å². The Morgan fingerprint density at radius 3 is 2.90 bits per heavy atom. The highest BCUT2D eigenvalue weighted by molar-refractivity contribution is 7.14. The largest absolute Gasteiger partial charge is 0.303 e. The van der Waals surface area contributed by atoms with Crippen LogP contribution in [-0.4, -0.2) is 18.2 Å². The van der Waals surface area contributed by atoms with E-state index in [1.54, 1.807) is 16.2 Å². The standard InChI is InChI=1S/C15H15NO2S2/c1-10-5-6-14(20-10)12(17)9-16-11-7-8-19-13(11)3-2-4-15(16)18/h5-8H,2-4,9H2,1H3. The van der Waals surface area contributed by atoms with Gasteiger partial charge in [0.25, 0.3) is 0 Å². The molecule has 20 heavy (non-hydrogen) atoms. The third-order valence-corrected chi connectivity index (χ3v) is 5.44. The molecule has 0 fully saturated rings. The summed E-state index contributed by atoms with van der Waals surface area (Å²) in [7, 11) is 0. The molecule has 0 atom stereocenters. The van der Waals surface area contributed by atoms with E-state index in [1.165, 1.54) is 16.2 Å². The van der Waals surface area contributed by atoms with E-state index in [-0.39, 0.29) is 18.2 Å². The highest BCUT2D eigenvalue weighted by Gasteiger charge is 2.25. The van der Waals surface area contributed by atoms with Gasteiger partial charge in [0, 0.05) is 16.2 Å². The van der Waals surface area contributed by atoms with Gasteiger partial charge in [0.1, 0.15) is 0 Å². The average molecular weight is 305 g/mol. The Balaban J connectivity index is 1.86. The van der Waals surface area contributed by atoms with Crippen LogP contribution >= 0.6 is 22.7 Å². The van der Waals surface area contributed by atoms with Gasteiger partial charge in [0.05, 0.1) is 17.1 Å². The molecule has 0 saturated carbocycles. The second kappa shape index (κ2) is 5.50. The van der Waals surface area contributed by atoms with Crippen molar-refractivity contribution >= 4 is 40.1 Å². The van der Waals surface area contributed by atoms with Crippen molar-refractivity contribution in [3.63, 3.8) is 0 Å². The first-order valence-corrected chi connectivity index (χ1v) is 8.31. The Labute approximate surface area is 125 Å². The predicted octanol–water partition coefficient (Wildman–Crippen LogP) is 3.67. The second-order valence-electron chi connectivity index (χ2n) is 4.90. The Morgan fingerprint density at radius 1 is 1.30 bits per heavy atom. The molecule has 104 valence electrons. The van der Waals surface area contributed by atoms with Crippen molar-refractivity contribution in [1.29, 1.82) is 0 Å². The first kappa shape index (κ1) is 13.5. The lowest BCUT2D eigenvalue weighted by Crippen LogP contribution is -2.34. The van der Waals surface area contributed by atoms with Crippen LogP contribution in [0.4, 0.5) is 5.69 Å². The number of thiophene rings is 2. The number of carbonyl (C=O) groups excluding carboxylic acids is 2. The van der Waals surface area contributed by atoms with Crippen LogP contribution < -0.4 is 4.90 Å². The fourth-order valence-corrected chi connectivity index (χ4v) is 4.13. The maximum Gasteiger partial charge on any atom is 0.227 e. The molecule has 1 aliphatic rings. The minimum absolute atomic E-state index is 0.0236. The summed E-state index contributed by atoms with van der Waals surface area (Å²) < 4.78 is 0. The van der Waals surface area contributed by atoms with E-state index in [4.69, 9.17) is 0 Å². The lowest BCUT2D eigenvalue weighted by atomic mass is 10.2. The minimum Gasteiger partial charge on any atom is -0.303 e. The fourth-order valence-electron chi connectivity index (χ4n) is 2.41. The zero-order chi connectivity index (χ0) is 14.1. The van der Waals surface area contributed by atoms with Crippen molar-refractivity contribution in [3.05, 3.63) is 38.2 Å². The van der Waals surface area contributed by atoms with Crippen LogP contribution in [-0.2, 0) is 11.2 Å². The molecule has 1 amide bonds. The molecule has 3 heterocycles. The smallest absolute Gasteiger partial charge is 0.227 e. The van der Waals surface area contributed by atoms with Crippen molar-refractivity contribution in [2.75, 3.05) is 11.4 Å². The lowest BCUT2D eigenvalue weighted by molar-refractivity contribution is -0.118. The summed E-state index contributed by atoms with van der Waals surface area (Å²) in [6.07, 6.45) is 2.33. The molecule has 2 aromatic heterocycles. The topological polar surface area (TPSA) is 37.4 Å². The van der Waals surface area contributed by atoms with Crippen molar-refractivity contribution in [3.8, 4) is 0 Å². The summed E-state index contributed by atoms with van der Waals surface area (Å²) in [4.78, 5) is 29.3. The Morgan fingerprint density at radius 2 is 2.15 bits per heavy atom. The maximum absolute atomic E-state index is 12.3. The summed E-state index contributed by atoms with van der Waals surface area (Å²) in [6, 6.07) is 5.74. The number of aryl methyl sites for hydroxylation is 2. The summed E-state index contributed by atoms with van der Waals surface area (Å²) in [5, 5.41) is 2.00. The van der Waals surface area contributed by atoms with Crippen LogP contribution in [0.3, 0.4) is 0 Å². The van der Waals surface area contributed by atoms with Gasteiger partial charge in [-0.1, -0.05) is 0 Å². The first-order chi connectivity index (χ1) is 9.65. The van der Waals surface area contributed by atoms with Crippen LogP contribution in [0.25, 0.3) is 0 Å².